The summed E-state index contributed by atoms with van der Waals surface area (Å²) in [5, 5.41) is 4.03. The van der Waals surface area contributed by atoms with Crippen LogP contribution in [-0.2, 0) is 6.42 Å². The van der Waals surface area contributed by atoms with E-state index < -0.39 is 0 Å². The van der Waals surface area contributed by atoms with Gasteiger partial charge in [0.1, 0.15) is 5.82 Å². The number of anilines is 4. The number of piperazine rings is 1. The van der Waals surface area contributed by atoms with E-state index in [9.17, 15) is 4.79 Å². The van der Waals surface area contributed by atoms with Crippen molar-refractivity contribution in [3.05, 3.63) is 70.9 Å². The fourth-order valence-electron chi connectivity index (χ4n) is 4.66. The molecule has 1 N–H and O–H groups in total. The summed E-state index contributed by atoms with van der Waals surface area (Å²) in [4.78, 5) is 27.5. The standard InChI is InChI=1S/C26H28ClN5O/c1-26(2)16-21-23(22(33)17-26)24(28-19-10-8-18(27)9-11-19)30-25(29-21)32-14-12-31(13-15-32)20-6-4-3-5-7-20/h3-11H,12-17H2,1-2H3,(H,28,29,30). The van der Waals surface area contributed by atoms with Crippen molar-refractivity contribution in [1.29, 1.82) is 0 Å². The maximum absolute atomic E-state index is 13.1. The van der Waals surface area contributed by atoms with Crippen LogP contribution in [0.3, 0.4) is 0 Å². The Balaban J connectivity index is 1.45. The number of nitrogens with zero attached hydrogens (tertiary/aromatic N) is 4. The highest BCUT2D eigenvalue weighted by molar-refractivity contribution is 6.30. The van der Waals surface area contributed by atoms with Gasteiger partial charge in [0.05, 0.1) is 11.3 Å². The fourth-order valence-corrected chi connectivity index (χ4v) is 4.79. The predicted molar refractivity (Wildman–Crippen MR) is 134 cm³/mol. The Morgan fingerprint density at radius 3 is 2.24 bits per heavy atom. The molecule has 0 amide bonds. The Hall–Kier alpha value is -3.12. The third-order valence-electron chi connectivity index (χ3n) is 6.33. The first-order valence-corrected chi connectivity index (χ1v) is 11.8. The average molecular weight is 462 g/mol. The monoisotopic (exact) mass is 461 g/mol. The van der Waals surface area contributed by atoms with Crippen LogP contribution in [0.5, 0.6) is 0 Å². The van der Waals surface area contributed by atoms with Gasteiger partial charge < -0.3 is 15.1 Å². The second-order valence-corrected chi connectivity index (χ2v) is 10.0. The largest absolute Gasteiger partial charge is 0.368 e. The fraction of sp³-hybridized carbons (Fsp3) is 0.346. The number of rotatable bonds is 4. The molecule has 1 saturated heterocycles. The number of ketones is 1. The number of hydrogen-bond donors (Lipinski definition) is 1. The number of nitrogens with one attached hydrogen (secondary N) is 1. The molecule has 2 aromatic carbocycles. The van der Waals surface area contributed by atoms with Crippen LogP contribution in [0.15, 0.2) is 54.6 Å². The number of fused-ring (bicyclic) bond motifs is 1. The van der Waals surface area contributed by atoms with E-state index in [2.05, 4.69) is 53.2 Å². The molecule has 7 heteroatoms. The van der Waals surface area contributed by atoms with E-state index in [1.54, 1.807) is 0 Å². The van der Waals surface area contributed by atoms with Gasteiger partial charge in [0.2, 0.25) is 5.95 Å². The quantitative estimate of drug-likeness (QED) is 0.564. The molecular weight excluding hydrogens is 434 g/mol. The first-order valence-electron chi connectivity index (χ1n) is 11.4. The first-order chi connectivity index (χ1) is 15.9. The number of carbonyl (C=O) groups is 1. The maximum atomic E-state index is 13.1. The summed E-state index contributed by atoms with van der Waals surface area (Å²) in [5.41, 5.74) is 3.43. The minimum Gasteiger partial charge on any atom is -0.368 e. The van der Waals surface area contributed by atoms with E-state index >= 15 is 0 Å². The number of aromatic nitrogens is 2. The molecule has 1 fully saturated rings. The number of halogens is 1. The zero-order valence-electron chi connectivity index (χ0n) is 19.0. The lowest BCUT2D eigenvalue weighted by Gasteiger charge is -2.37. The van der Waals surface area contributed by atoms with E-state index in [0.717, 1.165) is 44.0 Å². The molecule has 0 unspecified atom stereocenters. The van der Waals surface area contributed by atoms with E-state index in [-0.39, 0.29) is 11.2 Å². The lowest BCUT2D eigenvalue weighted by Crippen LogP contribution is -2.47. The van der Waals surface area contributed by atoms with Crippen LogP contribution in [0.4, 0.5) is 23.1 Å². The molecule has 0 atom stereocenters. The van der Waals surface area contributed by atoms with Crippen molar-refractivity contribution in [1.82, 2.24) is 9.97 Å². The molecule has 2 aliphatic rings. The molecule has 1 aromatic heterocycles. The molecule has 1 aliphatic carbocycles. The van der Waals surface area contributed by atoms with Crippen molar-refractivity contribution in [2.75, 3.05) is 41.3 Å². The molecule has 33 heavy (non-hydrogen) atoms. The van der Waals surface area contributed by atoms with E-state index in [1.807, 2.05) is 30.3 Å². The maximum Gasteiger partial charge on any atom is 0.227 e. The second kappa shape index (κ2) is 8.67. The van der Waals surface area contributed by atoms with E-state index in [0.29, 0.717) is 28.8 Å². The Morgan fingerprint density at radius 1 is 0.879 bits per heavy atom. The van der Waals surface area contributed by atoms with Gasteiger partial charge in [0, 0.05) is 49.0 Å². The summed E-state index contributed by atoms with van der Waals surface area (Å²) in [6.07, 6.45) is 1.25. The zero-order chi connectivity index (χ0) is 23.0. The van der Waals surface area contributed by atoms with Crippen molar-refractivity contribution in [2.45, 2.75) is 26.7 Å². The lowest BCUT2D eigenvalue weighted by atomic mass is 9.75. The third-order valence-corrected chi connectivity index (χ3v) is 6.58. The van der Waals surface area contributed by atoms with E-state index in [4.69, 9.17) is 21.6 Å². The number of Topliss-reactive ketones (excluding diaryl/α,β-unsaturated/α-hetero) is 1. The van der Waals surface area contributed by atoms with Gasteiger partial charge in [-0.15, -0.1) is 0 Å². The molecule has 170 valence electrons. The van der Waals surface area contributed by atoms with Crippen LogP contribution < -0.4 is 15.1 Å². The highest BCUT2D eigenvalue weighted by atomic mass is 35.5. The van der Waals surface area contributed by atoms with Gasteiger partial charge in [-0.05, 0) is 48.2 Å². The van der Waals surface area contributed by atoms with Gasteiger partial charge in [0.15, 0.2) is 5.78 Å². The minimum absolute atomic E-state index is 0.0955. The van der Waals surface area contributed by atoms with Crippen molar-refractivity contribution in [3.8, 4) is 0 Å². The summed E-state index contributed by atoms with van der Waals surface area (Å²) in [6, 6.07) is 17.9. The molecule has 5 rings (SSSR count). The zero-order valence-corrected chi connectivity index (χ0v) is 19.8. The van der Waals surface area contributed by atoms with Gasteiger partial charge in [-0.2, -0.15) is 4.98 Å². The Morgan fingerprint density at radius 2 is 1.55 bits per heavy atom. The van der Waals surface area contributed by atoms with Crippen molar-refractivity contribution >= 4 is 40.5 Å². The lowest BCUT2D eigenvalue weighted by molar-refractivity contribution is 0.0911. The van der Waals surface area contributed by atoms with Crippen molar-refractivity contribution in [3.63, 3.8) is 0 Å². The van der Waals surface area contributed by atoms with Crippen molar-refractivity contribution in [2.24, 2.45) is 5.41 Å². The van der Waals surface area contributed by atoms with Crippen molar-refractivity contribution < 1.29 is 4.79 Å². The molecule has 0 bridgehead atoms. The van der Waals surface area contributed by atoms with E-state index in [1.165, 1.54) is 5.69 Å². The molecule has 6 nitrogen and oxygen atoms in total. The SMILES string of the molecule is CC1(C)CC(=O)c2c(nc(N3CCN(c4ccccc4)CC3)nc2Nc2ccc(Cl)cc2)C1. The molecule has 3 aromatic rings. The average Bonchev–Trinajstić information content (AvgIpc) is 2.80. The van der Waals surface area contributed by atoms with Crippen LogP contribution in [0.1, 0.15) is 36.3 Å². The highest BCUT2D eigenvalue weighted by Crippen LogP contribution is 2.38. The van der Waals surface area contributed by atoms with Crippen LogP contribution >= 0.6 is 11.6 Å². The van der Waals surface area contributed by atoms with Gasteiger partial charge in [-0.1, -0.05) is 43.6 Å². The molecule has 0 spiro atoms. The third kappa shape index (κ3) is 4.67. The molecule has 2 heterocycles. The second-order valence-electron chi connectivity index (χ2n) is 9.58. The van der Waals surface area contributed by atoms with Gasteiger partial charge in [0.25, 0.3) is 0 Å². The normalized spacial score (nSPS) is 17.6. The molecule has 1 aliphatic heterocycles. The minimum atomic E-state index is -0.112. The molecule has 0 radical (unpaired) electrons. The highest BCUT2D eigenvalue weighted by Gasteiger charge is 2.35. The summed E-state index contributed by atoms with van der Waals surface area (Å²) < 4.78 is 0. The van der Waals surface area contributed by atoms with Gasteiger partial charge >= 0.3 is 0 Å². The summed E-state index contributed by atoms with van der Waals surface area (Å²) in [5.74, 6) is 1.37. The topological polar surface area (TPSA) is 61.4 Å². The van der Waals surface area contributed by atoms with Crippen LogP contribution in [-0.4, -0.2) is 41.9 Å². The van der Waals surface area contributed by atoms with Crippen LogP contribution in [0.25, 0.3) is 0 Å². The summed E-state index contributed by atoms with van der Waals surface area (Å²) >= 11 is 6.05. The number of benzene rings is 2. The first kappa shape index (κ1) is 21.7. The molecule has 0 saturated carbocycles. The van der Waals surface area contributed by atoms with Gasteiger partial charge in [-0.3, -0.25) is 4.79 Å². The Bertz CT molecular complexity index is 1160. The van der Waals surface area contributed by atoms with Crippen LogP contribution in [0, 0.1) is 5.41 Å². The number of para-hydroxylation sites is 1. The summed E-state index contributed by atoms with van der Waals surface area (Å²) in [6.45, 7) is 7.70. The summed E-state index contributed by atoms with van der Waals surface area (Å²) in [7, 11) is 0. The van der Waals surface area contributed by atoms with Gasteiger partial charge in [-0.25, -0.2) is 4.98 Å². The predicted octanol–water partition coefficient (Wildman–Crippen LogP) is 5.36. The Kier molecular flexibility index (Phi) is 5.71. The molecular formula is C26H28ClN5O. The number of carbonyl (C=O) groups excluding carboxylic acids is 1. The smallest absolute Gasteiger partial charge is 0.227 e. The Labute approximate surface area is 199 Å². The number of hydrogen-bond acceptors (Lipinski definition) is 6. The van der Waals surface area contributed by atoms with Crippen LogP contribution in [0.2, 0.25) is 5.02 Å².